The van der Waals surface area contributed by atoms with Gasteiger partial charge in [-0.3, -0.25) is 0 Å². The van der Waals surface area contributed by atoms with Gasteiger partial charge in [0.05, 0.1) is 5.41 Å². The van der Waals surface area contributed by atoms with Crippen molar-refractivity contribution in [2.45, 2.75) is 11.8 Å². The van der Waals surface area contributed by atoms with Gasteiger partial charge in [-0.15, -0.1) is 71.5 Å². The van der Waals surface area contributed by atoms with Gasteiger partial charge in [-0.05, 0) is 316 Å². The van der Waals surface area contributed by atoms with Gasteiger partial charge in [0.15, 0.2) is 0 Å². The van der Waals surface area contributed by atoms with Crippen molar-refractivity contribution in [1.82, 2.24) is 0 Å². The molecule has 117 heavy (non-hydrogen) atoms. The van der Waals surface area contributed by atoms with E-state index in [1.807, 2.05) is 36.0 Å². The maximum atomic E-state index is 6.06. The third-order valence-corrected chi connectivity index (χ3v) is 26.4. The van der Waals surface area contributed by atoms with Gasteiger partial charge in [0, 0.05) is 25.3 Å². The van der Waals surface area contributed by atoms with Crippen LogP contribution in [0.2, 0.25) is 0 Å². The molecule has 3 aromatic heterocycles. The average molecular weight is 1570 g/mol. The summed E-state index contributed by atoms with van der Waals surface area (Å²) in [6.07, 6.45) is 35.5. The van der Waals surface area contributed by atoms with Crippen molar-refractivity contribution >= 4 is 86.3 Å². The van der Waals surface area contributed by atoms with E-state index < -0.39 is 5.41 Å². The van der Waals surface area contributed by atoms with E-state index in [0.717, 1.165) is 158 Å². The highest BCUT2D eigenvalue weighted by Crippen LogP contribution is 2.55. The zero-order chi connectivity index (χ0) is 78.5. The number of ether oxygens (including phenoxy) is 4. The maximum Gasteiger partial charge on any atom is 0.148 e. The molecule has 4 nitrogen and oxygen atoms in total. The van der Waals surface area contributed by atoms with Gasteiger partial charge in [0.25, 0.3) is 0 Å². The lowest BCUT2D eigenvalue weighted by molar-refractivity contribution is 0.370. The second kappa shape index (κ2) is 30.9. The number of terminal acetylenes is 4. The lowest BCUT2D eigenvalue weighted by atomic mass is 9.64. The molecule has 0 atom stereocenters. The Morgan fingerprint density at radius 3 is 0.761 bits per heavy atom. The molecule has 0 radical (unpaired) electrons. The third-order valence-electron chi connectivity index (χ3n) is 22.9. The van der Waals surface area contributed by atoms with Crippen molar-refractivity contribution in [3.8, 4) is 161 Å². The first-order valence-corrected chi connectivity index (χ1v) is 42.5. The van der Waals surface area contributed by atoms with E-state index in [1.165, 1.54) is 75.2 Å². The Labute approximate surface area is 698 Å². The quantitative estimate of drug-likeness (QED) is 0.0561. The highest BCUT2D eigenvalue weighted by Gasteiger charge is 2.40. The van der Waals surface area contributed by atoms with Crippen LogP contribution < -0.4 is 18.9 Å². The summed E-state index contributed by atoms with van der Waals surface area (Å²) in [5.41, 5.74) is 35.5. The van der Waals surface area contributed by atoms with E-state index in [4.69, 9.17) is 44.6 Å². The monoisotopic (exact) mass is 1570 g/mol. The van der Waals surface area contributed by atoms with Gasteiger partial charge >= 0.3 is 0 Å². The first-order chi connectivity index (χ1) is 57.7. The van der Waals surface area contributed by atoms with Crippen molar-refractivity contribution < 1.29 is 18.9 Å². The average Bonchev–Trinajstić information content (AvgIpc) is 1.64. The van der Waals surface area contributed by atoms with Gasteiger partial charge in [0.1, 0.15) is 49.4 Å². The summed E-state index contributed by atoms with van der Waals surface area (Å²) >= 11 is 7.09. The lowest BCUT2D eigenvalue weighted by Gasteiger charge is -2.37. The summed E-state index contributed by atoms with van der Waals surface area (Å²) in [6.45, 7) is 0.773. The normalized spacial score (nSPS) is 14.3. The number of fused-ring (bicyclic) bond motifs is 12. The van der Waals surface area contributed by atoms with E-state index >= 15 is 0 Å². The fourth-order valence-electron chi connectivity index (χ4n) is 17.6. The standard InChI is InChI=1S/C109H70O4S4/c1-5-49-110-81-37-45-93-89-41-25-73(57-97(89)105(101(93)61-81)65-85-13-9-53-114-85)69-17-29-77(30-18-69)109(78-31-19-70(20-32-78)74-26-42-90-94-46-38-82(111-50-6-2)62-102(94)106(98(90)58-74)66-86-14-10-54-115-86,79-33-21-71(22-34-79)75-27-43-91-95-47-39-83(112-51-7-3)63-103(95)107(99(91)59-75)67-87-15-11-55-116-87)80-35-23-72(24-36-80)76-28-44-92-96-48-40-84(113-52-8-4)64-104(96)108(100(92)60-76)68-88-16-12-56-117-88/h1-4,9-11,13-48,53-55,57-68H,12,49-52,56H2/b105-65-,106-66-,107-67-,108-68-. The molecule has 0 amide bonds. The summed E-state index contributed by atoms with van der Waals surface area (Å²) in [4.78, 5) is 4.80. The molecular formula is C109H70O4S4. The Hall–Kier alpha value is -13.8. The number of hydrogen-bond acceptors (Lipinski definition) is 8. The Bertz CT molecular complexity index is 6330. The van der Waals surface area contributed by atoms with E-state index in [9.17, 15) is 0 Å². The third kappa shape index (κ3) is 13.3. The molecule has 15 aromatic rings. The predicted octanol–water partition coefficient (Wildman–Crippen LogP) is 27.1. The van der Waals surface area contributed by atoms with Crippen molar-refractivity contribution in [2.75, 3.05) is 32.2 Å². The van der Waals surface area contributed by atoms with Crippen LogP contribution in [-0.4, -0.2) is 32.2 Å². The second-order valence-corrected chi connectivity index (χ2v) is 33.5. The highest BCUT2D eigenvalue weighted by atomic mass is 32.2. The van der Waals surface area contributed by atoms with Crippen molar-refractivity contribution in [3.63, 3.8) is 0 Å². The molecule has 1 aliphatic heterocycles. The lowest BCUT2D eigenvalue weighted by Crippen LogP contribution is -2.31. The van der Waals surface area contributed by atoms with Crippen LogP contribution in [0.15, 0.2) is 312 Å². The molecule has 554 valence electrons. The highest BCUT2D eigenvalue weighted by molar-refractivity contribution is 8.03. The van der Waals surface area contributed by atoms with Gasteiger partial charge < -0.3 is 18.9 Å². The number of thiophene rings is 3. The van der Waals surface area contributed by atoms with Crippen LogP contribution in [-0.2, 0) is 5.41 Å². The topological polar surface area (TPSA) is 36.9 Å². The minimum atomic E-state index is -0.907. The Kier molecular flexibility index (Phi) is 19.1. The molecule has 5 aliphatic rings. The zero-order valence-corrected chi connectivity index (χ0v) is 66.8. The van der Waals surface area contributed by atoms with Gasteiger partial charge in [0.2, 0.25) is 0 Å². The molecule has 0 saturated carbocycles. The molecule has 0 bridgehead atoms. The van der Waals surface area contributed by atoms with Crippen LogP contribution in [0, 0.1) is 49.4 Å². The summed E-state index contributed by atoms with van der Waals surface area (Å²) in [7, 11) is 0. The molecule has 8 heteroatoms. The molecule has 0 N–H and O–H groups in total. The van der Waals surface area contributed by atoms with Gasteiger partial charge in [-0.2, -0.15) is 0 Å². The van der Waals surface area contributed by atoms with E-state index in [-0.39, 0.29) is 26.4 Å². The number of rotatable bonds is 20. The molecule has 4 aliphatic carbocycles. The summed E-state index contributed by atoms with van der Waals surface area (Å²) in [5, 5.41) is 6.38. The Morgan fingerprint density at radius 2 is 0.521 bits per heavy atom. The zero-order valence-electron chi connectivity index (χ0n) is 63.5. The minimum absolute atomic E-state index is 0.191. The summed E-state index contributed by atoms with van der Waals surface area (Å²) < 4.78 is 24.2. The van der Waals surface area contributed by atoms with E-state index in [1.54, 1.807) is 34.0 Å². The molecule has 0 unspecified atom stereocenters. The summed E-state index contributed by atoms with van der Waals surface area (Å²) in [5.74, 6) is 14.6. The van der Waals surface area contributed by atoms with Crippen LogP contribution in [0.5, 0.6) is 23.0 Å². The van der Waals surface area contributed by atoms with Crippen molar-refractivity contribution in [1.29, 1.82) is 0 Å². The van der Waals surface area contributed by atoms with Crippen LogP contribution in [0.1, 0.15) is 87.8 Å². The number of thioether (sulfide) groups is 1. The molecule has 0 saturated heterocycles. The molecule has 12 aromatic carbocycles. The fraction of sp³-hybridized carbons (Fsp3) is 0.0642. The summed E-state index contributed by atoms with van der Waals surface area (Å²) in [6, 6.07) is 103. The molecule has 0 spiro atoms. The SMILES string of the molecule is C#CCOc1ccc2c(c1)/C(=C\C1=CCCS1)c1cc(-c3ccc(C(c4ccc(-c5ccc6c(c5)/C(=C/c5cccs5)c5cc(OCC#C)ccc5-6)cc4)(c4ccc(-c5ccc6c(c5)/C(=C/c5cccs5)c5cc(OCC#C)ccc5-6)cc4)c4ccc(-c5ccc6c(c5)/C(=C/c5cccs5)c5cc(OCC#C)ccc5-6)cc4)cc3)ccc1-2. The molecule has 0 fully saturated rings. The van der Waals surface area contributed by atoms with Crippen molar-refractivity contribution in [3.05, 3.63) is 394 Å². The first-order valence-electron chi connectivity index (χ1n) is 38.9. The van der Waals surface area contributed by atoms with Crippen LogP contribution in [0.4, 0.5) is 0 Å². The number of hydrogen-bond donors (Lipinski definition) is 0. The minimum Gasteiger partial charge on any atom is -0.481 e. The number of allylic oxidation sites excluding steroid dienone is 2. The van der Waals surface area contributed by atoms with Gasteiger partial charge in [-0.25, -0.2) is 0 Å². The van der Waals surface area contributed by atoms with E-state index in [2.05, 4.69) is 325 Å². The largest absolute Gasteiger partial charge is 0.481 e. The Morgan fingerprint density at radius 1 is 0.274 bits per heavy atom. The second-order valence-electron chi connectivity index (χ2n) is 29.4. The van der Waals surface area contributed by atoms with Gasteiger partial charge in [-0.1, -0.05) is 218 Å². The predicted molar refractivity (Wildman–Crippen MR) is 492 cm³/mol. The van der Waals surface area contributed by atoms with E-state index in [0.29, 0.717) is 0 Å². The van der Waals surface area contributed by atoms with Crippen LogP contribution in [0.25, 0.3) is 130 Å². The van der Waals surface area contributed by atoms with Crippen molar-refractivity contribution in [2.24, 2.45) is 0 Å². The first kappa shape index (κ1) is 72.2. The maximum absolute atomic E-state index is 6.06. The fourth-order valence-corrected chi connectivity index (χ4v) is 20.5. The number of benzene rings is 12. The van der Waals surface area contributed by atoms with Crippen LogP contribution in [0.3, 0.4) is 0 Å². The smallest absolute Gasteiger partial charge is 0.148 e. The molecule has 20 rings (SSSR count). The molecule has 4 heterocycles. The molecular weight excluding hydrogens is 1500 g/mol. The van der Waals surface area contributed by atoms with Crippen LogP contribution >= 0.6 is 45.8 Å². The Balaban J connectivity index is 0.749.